The van der Waals surface area contributed by atoms with Crippen LogP contribution in [-0.2, 0) is 4.79 Å². The van der Waals surface area contributed by atoms with Gasteiger partial charge in [0.25, 0.3) is 5.91 Å². The van der Waals surface area contributed by atoms with Crippen LogP contribution in [0.25, 0.3) is 0 Å². The molecular formula is C18H22Cl2N4O5S. The van der Waals surface area contributed by atoms with Crippen molar-refractivity contribution >= 4 is 52.1 Å². The van der Waals surface area contributed by atoms with E-state index in [2.05, 4.69) is 10.3 Å². The summed E-state index contributed by atoms with van der Waals surface area (Å²) in [7, 11) is 1.54. The largest absolute Gasteiger partial charge is 0.491 e. The van der Waals surface area contributed by atoms with E-state index >= 15 is 0 Å². The van der Waals surface area contributed by atoms with Crippen LogP contribution in [0.1, 0.15) is 0 Å². The first-order valence-electron chi connectivity index (χ1n) is 9.15. The van der Waals surface area contributed by atoms with Gasteiger partial charge < -0.3 is 24.7 Å². The van der Waals surface area contributed by atoms with E-state index < -0.39 is 36.4 Å². The Bertz CT molecular complexity index is 812. The number of aliphatic hydroxyl groups excluding tert-OH is 2. The third kappa shape index (κ3) is 5.30. The molecule has 1 fully saturated rings. The molecule has 30 heavy (non-hydrogen) atoms. The van der Waals surface area contributed by atoms with Crippen LogP contribution >= 0.6 is 35.0 Å². The second kappa shape index (κ2) is 10.1. The van der Waals surface area contributed by atoms with Crippen molar-refractivity contribution in [1.29, 1.82) is 0 Å². The van der Waals surface area contributed by atoms with Gasteiger partial charge >= 0.3 is 6.03 Å². The zero-order valence-electron chi connectivity index (χ0n) is 16.1. The predicted octanol–water partition coefficient (Wildman–Crippen LogP) is 0.961. The Balaban J connectivity index is 1.69. The van der Waals surface area contributed by atoms with E-state index in [0.29, 0.717) is 15.9 Å². The molecule has 164 valence electrons. The first kappa shape index (κ1) is 23.0. The molecule has 12 heteroatoms. The summed E-state index contributed by atoms with van der Waals surface area (Å²) >= 11 is 12.7. The highest BCUT2D eigenvalue weighted by molar-refractivity contribution is 8.13. The standard InChI is InChI=1S/C18H22Cl2N4O5S/c1-23-15-14(16(27)22-17(23)28)24(18(21-15)30-9-11(25)6-19)7-12(26)8-29-13-4-2-10(20)3-5-13/h2-5,11-12,14-15,25-26H,6-9H2,1H3,(H,22,27,28). The fourth-order valence-corrected chi connectivity index (χ4v) is 4.39. The van der Waals surface area contributed by atoms with Gasteiger partial charge in [0.1, 0.15) is 18.5 Å². The van der Waals surface area contributed by atoms with Crippen molar-refractivity contribution < 1.29 is 24.5 Å². The summed E-state index contributed by atoms with van der Waals surface area (Å²) in [5, 5.41) is 23.6. The number of hydrogen-bond acceptors (Lipinski definition) is 8. The van der Waals surface area contributed by atoms with E-state index in [1.807, 2.05) is 0 Å². The fraction of sp³-hybridized carbons (Fsp3) is 0.500. The van der Waals surface area contributed by atoms with Crippen LogP contribution < -0.4 is 10.1 Å². The van der Waals surface area contributed by atoms with E-state index in [-0.39, 0.29) is 24.8 Å². The first-order valence-corrected chi connectivity index (χ1v) is 11.0. The Morgan fingerprint density at radius 3 is 2.63 bits per heavy atom. The topological polar surface area (TPSA) is 115 Å². The fourth-order valence-electron chi connectivity index (χ4n) is 3.03. The molecule has 0 radical (unpaired) electrons. The molecule has 2 heterocycles. The number of halogens is 2. The summed E-state index contributed by atoms with van der Waals surface area (Å²) in [5.74, 6) is 0.372. The summed E-state index contributed by atoms with van der Waals surface area (Å²) < 4.78 is 5.58. The van der Waals surface area contributed by atoms with Gasteiger partial charge in [-0.2, -0.15) is 0 Å². The quantitative estimate of drug-likeness (QED) is 0.478. The zero-order chi connectivity index (χ0) is 21.8. The van der Waals surface area contributed by atoms with Gasteiger partial charge in [-0.1, -0.05) is 23.4 Å². The van der Waals surface area contributed by atoms with Crippen LogP contribution in [-0.4, -0.2) is 93.4 Å². The number of thioether (sulfide) groups is 1. The Morgan fingerprint density at radius 2 is 1.97 bits per heavy atom. The van der Waals surface area contributed by atoms with E-state index in [4.69, 9.17) is 27.9 Å². The van der Waals surface area contributed by atoms with Crippen molar-refractivity contribution in [3.8, 4) is 5.75 Å². The summed E-state index contributed by atoms with van der Waals surface area (Å²) in [6.45, 7) is 0.0289. The minimum Gasteiger partial charge on any atom is -0.491 e. The summed E-state index contributed by atoms with van der Waals surface area (Å²) in [6, 6.07) is 5.41. The van der Waals surface area contributed by atoms with Crippen molar-refractivity contribution in [1.82, 2.24) is 15.1 Å². The summed E-state index contributed by atoms with van der Waals surface area (Å²) in [6.07, 6.45) is -2.42. The molecule has 2 aliphatic rings. The third-order valence-corrected chi connectivity index (χ3v) is 6.33. The molecule has 3 rings (SSSR count). The lowest BCUT2D eigenvalue weighted by Crippen LogP contribution is -2.64. The van der Waals surface area contributed by atoms with Crippen molar-refractivity contribution in [2.24, 2.45) is 4.99 Å². The molecule has 4 unspecified atom stereocenters. The van der Waals surface area contributed by atoms with Crippen LogP contribution in [0.5, 0.6) is 5.75 Å². The van der Waals surface area contributed by atoms with Crippen LogP contribution in [0.4, 0.5) is 4.79 Å². The molecule has 1 aromatic rings. The Kier molecular flexibility index (Phi) is 7.70. The second-order valence-electron chi connectivity index (χ2n) is 6.87. The number of β-amino-alcohol motifs (C(OH)–C–C–N with tert-alkyl or cyclic N) is 1. The molecule has 3 amide bonds. The number of carbonyl (C=O) groups is 2. The van der Waals surface area contributed by atoms with Gasteiger partial charge in [-0.3, -0.25) is 10.1 Å². The minimum absolute atomic E-state index is 0.0197. The monoisotopic (exact) mass is 476 g/mol. The van der Waals surface area contributed by atoms with Crippen LogP contribution in [0.2, 0.25) is 5.02 Å². The number of amidine groups is 1. The maximum absolute atomic E-state index is 12.5. The average molecular weight is 477 g/mol. The number of imide groups is 1. The van der Waals surface area contributed by atoms with E-state index in [0.717, 1.165) is 0 Å². The lowest BCUT2D eigenvalue weighted by atomic mass is 10.1. The number of benzene rings is 1. The van der Waals surface area contributed by atoms with Gasteiger partial charge in [0.05, 0.1) is 12.6 Å². The highest BCUT2D eigenvalue weighted by Crippen LogP contribution is 2.29. The smallest absolute Gasteiger partial charge is 0.325 e. The van der Waals surface area contributed by atoms with Crippen LogP contribution in [0.3, 0.4) is 0 Å². The maximum atomic E-state index is 12.5. The number of ether oxygens (including phenoxy) is 1. The number of alkyl halides is 1. The number of hydrogen-bond donors (Lipinski definition) is 3. The van der Waals surface area contributed by atoms with Crippen LogP contribution in [0.15, 0.2) is 29.3 Å². The predicted molar refractivity (Wildman–Crippen MR) is 115 cm³/mol. The molecule has 0 spiro atoms. The number of amides is 3. The van der Waals surface area contributed by atoms with Gasteiger partial charge in [-0.05, 0) is 24.3 Å². The highest BCUT2D eigenvalue weighted by atomic mass is 35.5. The molecule has 4 atom stereocenters. The first-order chi connectivity index (χ1) is 14.3. The van der Waals surface area contributed by atoms with Crippen molar-refractivity contribution in [2.75, 3.05) is 31.8 Å². The van der Waals surface area contributed by atoms with Crippen molar-refractivity contribution in [2.45, 2.75) is 24.4 Å². The number of nitrogens with one attached hydrogen (secondary N) is 1. The molecule has 2 aliphatic heterocycles. The summed E-state index contributed by atoms with van der Waals surface area (Å²) in [5.41, 5.74) is 0. The van der Waals surface area contributed by atoms with Crippen molar-refractivity contribution in [3.63, 3.8) is 0 Å². The number of aliphatic hydroxyl groups is 2. The molecule has 9 nitrogen and oxygen atoms in total. The molecule has 0 aliphatic carbocycles. The highest BCUT2D eigenvalue weighted by Gasteiger charge is 2.49. The lowest BCUT2D eigenvalue weighted by molar-refractivity contribution is -0.127. The van der Waals surface area contributed by atoms with E-state index in [1.165, 1.54) is 16.7 Å². The zero-order valence-corrected chi connectivity index (χ0v) is 18.4. The maximum Gasteiger partial charge on any atom is 0.325 e. The normalized spacial score (nSPS) is 23.0. The molecule has 1 saturated heterocycles. The lowest BCUT2D eigenvalue weighted by Gasteiger charge is -2.36. The Hall–Kier alpha value is -1.72. The minimum atomic E-state index is -0.945. The van der Waals surface area contributed by atoms with E-state index in [9.17, 15) is 19.8 Å². The Morgan fingerprint density at radius 1 is 1.27 bits per heavy atom. The van der Waals surface area contributed by atoms with Crippen molar-refractivity contribution in [3.05, 3.63) is 29.3 Å². The number of rotatable bonds is 8. The molecule has 1 aromatic carbocycles. The number of nitrogens with zero attached hydrogens (tertiary/aromatic N) is 3. The van der Waals surface area contributed by atoms with Gasteiger partial charge in [-0.15, -0.1) is 11.6 Å². The summed E-state index contributed by atoms with van der Waals surface area (Å²) in [4.78, 5) is 31.9. The van der Waals surface area contributed by atoms with Gasteiger partial charge in [0.15, 0.2) is 17.4 Å². The third-order valence-electron chi connectivity index (χ3n) is 4.57. The SMILES string of the molecule is CN1C(=O)NC(=O)C2C1N=C(SCC(O)CCl)N2CC(O)COc1ccc(Cl)cc1. The van der Waals surface area contributed by atoms with Gasteiger partial charge in [0, 0.05) is 23.7 Å². The second-order valence-corrected chi connectivity index (χ2v) is 8.60. The van der Waals surface area contributed by atoms with Crippen LogP contribution in [0, 0.1) is 0 Å². The molecule has 0 saturated carbocycles. The number of carbonyl (C=O) groups excluding carboxylic acids is 2. The molecule has 0 aromatic heterocycles. The number of urea groups is 1. The van der Waals surface area contributed by atoms with Gasteiger partial charge in [-0.25, -0.2) is 9.79 Å². The van der Waals surface area contributed by atoms with E-state index in [1.54, 1.807) is 36.2 Å². The molecular weight excluding hydrogens is 455 g/mol. The Labute approximate surface area is 188 Å². The number of aliphatic imine (C=N–C) groups is 1. The molecule has 3 N–H and O–H groups in total. The molecule has 0 bridgehead atoms. The number of fused-ring (bicyclic) bond motifs is 1. The van der Waals surface area contributed by atoms with Gasteiger partial charge in [0.2, 0.25) is 0 Å². The average Bonchev–Trinajstić information content (AvgIpc) is 3.08. The number of likely N-dealkylation sites (N-methyl/N-ethyl adjacent to an activating group) is 1.